The van der Waals surface area contributed by atoms with Gasteiger partial charge in [0.1, 0.15) is 0 Å². The van der Waals surface area contributed by atoms with E-state index < -0.39 is 5.82 Å². The Bertz CT molecular complexity index is 496. The fraction of sp³-hybridized carbons (Fsp3) is 0.533. The molecule has 21 heavy (non-hydrogen) atoms. The van der Waals surface area contributed by atoms with Crippen molar-refractivity contribution in [3.63, 3.8) is 0 Å². The summed E-state index contributed by atoms with van der Waals surface area (Å²) in [7, 11) is 3.50. The highest BCUT2D eigenvalue weighted by Gasteiger charge is 2.20. The van der Waals surface area contributed by atoms with Gasteiger partial charge in [0.2, 0.25) is 0 Å². The maximum Gasteiger partial charge on any atom is 0.319 e. The van der Waals surface area contributed by atoms with Gasteiger partial charge in [-0.1, -0.05) is 0 Å². The molecule has 0 spiro atoms. The number of hydrogen-bond donors (Lipinski definition) is 2. The molecule has 0 bridgehead atoms. The van der Waals surface area contributed by atoms with Crippen molar-refractivity contribution in [2.75, 3.05) is 32.6 Å². The van der Waals surface area contributed by atoms with Gasteiger partial charge >= 0.3 is 6.03 Å². The number of halogens is 1. The number of methoxy groups -OCH3 is 1. The molecule has 0 unspecified atom stereocenters. The number of benzene rings is 1. The monoisotopic (exact) mass is 295 g/mol. The van der Waals surface area contributed by atoms with Gasteiger partial charge in [-0.2, -0.15) is 0 Å². The van der Waals surface area contributed by atoms with E-state index in [-0.39, 0.29) is 11.8 Å². The minimum absolute atomic E-state index is 0.111. The number of carbonyl (C=O) groups excluding carboxylic acids is 1. The smallest absolute Gasteiger partial charge is 0.319 e. The van der Waals surface area contributed by atoms with Crippen molar-refractivity contribution in [2.24, 2.45) is 0 Å². The predicted octanol–water partition coefficient (Wildman–Crippen LogP) is 2.44. The largest absolute Gasteiger partial charge is 0.494 e. The number of urea groups is 1. The topological polar surface area (TPSA) is 53.6 Å². The number of rotatable bonds is 5. The van der Waals surface area contributed by atoms with E-state index in [0.29, 0.717) is 18.3 Å². The number of carbonyl (C=O) groups is 1. The molecule has 1 fully saturated rings. The Morgan fingerprint density at radius 1 is 1.52 bits per heavy atom. The van der Waals surface area contributed by atoms with Crippen LogP contribution in [0.1, 0.15) is 19.3 Å². The highest BCUT2D eigenvalue weighted by molar-refractivity contribution is 5.89. The highest BCUT2D eigenvalue weighted by atomic mass is 19.1. The van der Waals surface area contributed by atoms with E-state index in [1.165, 1.54) is 38.2 Å². The fourth-order valence-corrected chi connectivity index (χ4v) is 2.61. The van der Waals surface area contributed by atoms with Crippen molar-refractivity contribution in [3.05, 3.63) is 24.0 Å². The lowest BCUT2D eigenvalue weighted by atomic mass is 10.1. The van der Waals surface area contributed by atoms with Crippen LogP contribution in [0.25, 0.3) is 0 Å². The summed E-state index contributed by atoms with van der Waals surface area (Å²) in [5.41, 5.74) is 0.503. The lowest BCUT2D eigenvalue weighted by molar-refractivity contribution is 0.248. The molecule has 1 aliphatic rings. The first-order valence-corrected chi connectivity index (χ1v) is 7.19. The molecule has 1 aliphatic heterocycles. The second-order valence-corrected chi connectivity index (χ2v) is 5.30. The standard InChI is InChI=1S/C15H22FN3O2/c1-19-9-3-4-12(19)7-8-17-15(20)18-11-5-6-13(16)14(10-11)21-2/h5-6,10,12H,3-4,7-9H2,1-2H3,(H2,17,18,20)/t12-/m1/s1. The van der Waals surface area contributed by atoms with Crippen LogP contribution < -0.4 is 15.4 Å². The minimum Gasteiger partial charge on any atom is -0.494 e. The van der Waals surface area contributed by atoms with Gasteiger partial charge in [0.25, 0.3) is 0 Å². The van der Waals surface area contributed by atoms with Gasteiger partial charge in [0.05, 0.1) is 7.11 Å². The van der Waals surface area contributed by atoms with Gasteiger partial charge in [-0.05, 0) is 45.0 Å². The number of amides is 2. The predicted molar refractivity (Wildman–Crippen MR) is 80.2 cm³/mol. The molecule has 0 saturated carbocycles. The zero-order valence-corrected chi connectivity index (χ0v) is 12.5. The van der Waals surface area contributed by atoms with Crippen LogP contribution in [-0.4, -0.2) is 44.2 Å². The van der Waals surface area contributed by atoms with Crippen molar-refractivity contribution in [3.8, 4) is 5.75 Å². The first kappa shape index (κ1) is 15.6. The second kappa shape index (κ2) is 7.26. The van der Waals surface area contributed by atoms with Gasteiger partial charge in [-0.25, -0.2) is 9.18 Å². The van der Waals surface area contributed by atoms with Crippen LogP contribution in [0.15, 0.2) is 18.2 Å². The van der Waals surface area contributed by atoms with Crippen LogP contribution >= 0.6 is 0 Å². The third-order valence-corrected chi connectivity index (χ3v) is 3.84. The molecule has 0 aliphatic carbocycles. The Kier molecular flexibility index (Phi) is 5.38. The minimum atomic E-state index is -0.451. The van der Waals surface area contributed by atoms with E-state index in [0.717, 1.165) is 13.0 Å². The molecule has 0 radical (unpaired) electrons. The lowest BCUT2D eigenvalue weighted by Crippen LogP contribution is -2.34. The highest BCUT2D eigenvalue weighted by Crippen LogP contribution is 2.21. The van der Waals surface area contributed by atoms with Crippen molar-refractivity contribution in [1.29, 1.82) is 0 Å². The number of ether oxygens (including phenoxy) is 1. The molecule has 0 aromatic heterocycles. The van der Waals surface area contributed by atoms with E-state index in [1.54, 1.807) is 0 Å². The second-order valence-electron chi connectivity index (χ2n) is 5.30. The van der Waals surface area contributed by atoms with Gasteiger partial charge in [0, 0.05) is 24.3 Å². The van der Waals surface area contributed by atoms with E-state index in [9.17, 15) is 9.18 Å². The Morgan fingerprint density at radius 2 is 2.33 bits per heavy atom. The fourth-order valence-electron chi connectivity index (χ4n) is 2.61. The molecule has 1 aromatic rings. The van der Waals surface area contributed by atoms with Crippen LogP contribution in [0.2, 0.25) is 0 Å². The summed E-state index contributed by atoms with van der Waals surface area (Å²) in [6.45, 7) is 1.76. The van der Waals surface area contributed by atoms with E-state index in [2.05, 4.69) is 22.6 Å². The zero-order chi connectivity index (χ0) is 15.2. The summed E-state index contributed by atoms with van der Waals surface area (Å²) < 4.78 is 18.1. The van der Waals surface area contributed by atoms with Crippen LogP contribution in [0, 0.1) is 5.82 Å². The Hall–Kier alpha value is -1.82. The maximum atomic E-state index is 13.3. The van der Waals surface area contributed by atoms with Crippen molar-refractivity contribution in [1.82, 2.24) is 10.2 Å². The van der Waals surface area contributed by atoms with Crippen LogP contribution in [0.5, 0.6) is 5.75 Å². The SMILES string of the molecule is COc1cc(NC(=O)NCC[C@H]2CCCN2C)ccc1F. The summed E-state index contributed by atoms with van der Waals surface area (Å²) in [4.78, 5) is 14.1. The summed E-state index contributed by atoms with van der Waals surface area (Å²) in [5, 5.41) is 5.49. The Labute approximate surface area is 124 Å². The van der Waals surface area contributed by atoms with Gasteiger partial charge < -0.3 is 20.3 Å². The van der Waals surface area contributed by atoms with Crippen LogP contribution in [-0.2, 0) is 0 Å². The van der Waals surface area contributed by atoms with E-state index in [1.807, 2.05) is 0 Å². The van der Waals surface area contributed by atoms with Gasteiger partial charge in [-0.15, -0.1) is 0 Å². The number of nitrogens with one attached hydrogen (secondary N) is 2. The molecular weight excluding hydrogens is 273 g/mol. The molecule has 116 valence electrons. The van der Waals surface area contributed by atoms with Crippen LogP contribution in [0.4, 0.5) is 14.9 Å². The molecule has 1 heterocycles. The quantitative estimate of drug-likeness (QED) is 0.877. The molecule has 1 atom stereocenters. The summed E-state index contributed by atoms with van der Waals surface area (Å²) in [5.74, 6) is -0.340. The first-order chi connectivity index (χ1) is 10.1. The Morgan fingerprint density at radius 3 is 3.00 bits per heavy atom. The third-order valence-electron chi connectivity index (χ3n) is 3.84. The zero-order valence-electron chi connectivity index (χ0n) is 12.5. The van der Waals surface area contributed by atoms with Crippen LogP contribution in [0.3, 0.4) is 0 Å². The molecule has 1 aromatic carbocycles. The summed E-state index contributed by atoms with van der Waals surface area (Å²) in [6.07, 6.45) is 3.36. The molecule has 5 nitrogen and oxygen atoms in total. The molecule has 2 rings (SSSR count). The molecule has 2 N–H and O–H groups in total. The third kappa shape index (κ3) is 4.32. The van der Waals surface area contributed by atoms with E-state index in [4.69, 9.17) is 4.74 Å². The van der Waals surface area contributed by atoms with Gasteiger partial charge in [-0.3, -0.25) is 0 Å². The van der Waals surface area contributed by atoms with Crippen molar-refractivity contribution in [2.45, 2.75) is 25.3 Å². The maximum absolute atomic E-state index is 13.3. The summed E-state index contributed by atoms with van der Waals surface area (Å²) >= 11 is 0. The van der Waals surface area contributed by atoms with E-state index >= 15 is 0 Å². The number of likely N-dealkylation sites (tertiary alicyclic amines) is 1. The average Bonchev–Trinajstić information content (AvgIpc) is 2.86. The summed E-state index contributed by atoms with van der Waals surface area (Å²) in [6, 6.07) is 4.49. The number of anilines is 1. The van der Waals surface area contributed by atoms with Crippen molar-refractivity contribution >= 4 is 11.7 Å². The average molecular weight is 295 g/mol. The number of nitrogens with zero attached hydrogens (tertiary/aromatic N) is 1. The molecule has 1 saturated heterocycles. The molecule has 6 heteroatoms. The lowest BCUT2D eigenvalue weighted by Gasteiger charge is -2.19. The molecular formula is C15H22FN3O2. The number of hydrogen-bond acceptors (Lipinski definition) is 3. The Balaban J connectivity index is 1.76. The van der Waals surface area contributed by atoms with Gasteiger partial charge in [0.15, 0.2) is 11.6 Å². The first-order valence-electron chi connectivity index (χ1n) is 7.19. The molecule has 2 amide bonds. The van der Waals surface area contributed by atoms with Crippen molar-refractivity contribution < 1.29 is 13.9 Å². The normalized spacial score (nSPS) is 18.5.